The highest BCUT2D eigenvalue weighted by molar-refractivity contribution is 7.92. The minimum absolute atomic E-state index is 0.00512. The topological polar surface area (TPSA) is 93.5 Å². The highest BCUT2D eigenvalue weighted by Crippen LogP contribution is 2.35. The van der Waals surface area contributed by atoms with E-state index < -0.39 is 22.4 Å². The Morgan fingerprint density at radius 1 is 1.03 bits per heavy atom. The summed E-state index contributed by atoms with van der Waals surface area (Å²) in [6.45, 7) is -0.0313. The molecule has 0 aliphatic carbocycles. The highest BCUT2D eigenvalue weighted by atomic mass is 32.2. The van der Waals surface area contributed by atoms with Crippen LogP contribution in [0, 0.1) is 5.82 Å². The Bertz CT molecular complexity index is 1370. The van der Waals surface area contributed by atoms with Gasteiger partial charge in [-0.05, 0) is 41.8 Å². The standard InChI is InChI=1S/C25H24FN3O4S/c1-33-23-13-12-19(16-21(23)26)24-22(17-30)29(15-14-18-8-4-2-5-9-18)27-25(24)28-34(31,32)20-10-6-3-7-11-20/h2-13,16,30H,14-15,17H2,1H3,(H,27,28). The van der Waals surface area contributed by atoms with Gasteiger partial charge in [0.15, 0.2) is 17.4 Å². The van der Waals surface area contributed by atoms with Crippen molar-refractivity contribution in [1.29, 1.82) is 0 Å². The molecule has 0 saturated heterocycles. The molecule has 1 aromatic heterocycles. The van der Waals surface area contributed by atoms with Crippen molar-refractivity contribution in [2.75, 3.05) is 11.8 Å². The fraction of sp³-hybridized carbons (Fsp3) is 0.160. The van der Waals surface area contributed by atoms with Crippen LogP contribution in [0.4, 0.5) is 10.2 Å². The fourth-order valence-electron chi connectivity index (χ4n) is 3.70. The van der Waals surface area contributed by atoms with E-state index in [0.717, 1.165) is 5.56 Å². The second-order valence-corrected chi connectivity index (χ2v) is 9.24. The van der Waals surface area contributed by atoms with Crippen molar-refractivity contribution in [3.63, 3.8) is 0 Å². The molecule has 0 fully saturated rings. The summed E-state index contributed by atoms with van der Waals surface area (Å²) in [5.41, 5.74) is 2.09. The van der Waals surface area contributed by atoms with Gasteiger partial charge in [-0.15, -0.1) is 0 Å². The summed E-state index contributed by atoms with van der Waals surface area (Å²) < 4.78 is 49.6. The average molecular weight is 482 g/mol. The smallest absolute Gasteiger partial charge is 0.263 e. The van der Waals surface area contributed by atoms with E-state index in [0.29, 0.717) is 29.8 Å². The van der Waals surface area contributed by atoms with Crippen LogP contribution in [-0.2, 0) is 29.6 Å². The van der Waals surface area contributed by atoms with E-state index in [1.807, 2.05) is 30.3 Å². The molecule has 1 heterocycles. The van der Waals surface area contributed by atoms with Crippen LogP contribution >= 0.6 is 0 Å². The molecule has 7 nitrogen and oxygen atoms in total. The van der Waals surface area contributed by atoms with Gasteiger partial charge in [0.2, 0.25) is 0 Å². The Kier molecular flexibility index (Phi) is 6.95. The molecule has 9 heteroatoms. The number of hydrogen-bond donors (Lipinski definition) is 2. The lowest BCUT2D eigenvalue weighted by Gasteiger charge is -2.10. The molecule has 0 aliphatic heterocycles. The molecule has 34 heavy (non-hydrogen) atoms. The highest BCUT2D eigenvalue weighted by Gasteiger charge is 2.24. The third-order valence-corrected chi connectivity index (χ3v) is 6.74. The first-order valence-electron chi connectivity index (χ1n) is 10.6. The predicted molar refractivity (Wildman–Crippen MR) is 127 cm³/mol. The van der Waals surface area contributed by atoms with E-state index in [-0.39, 0.29) is 16.5 Å². The molecule has 0 saturated carbocycles. The summed E-state index contributed by atoms with van der Waals surface area (Å²) in [7, 11) is -2.61. The quantitative estimate of drug-likeness (QED) is 0.373. The van der Waals surface area contributed by atoms with Gasteiger partial charge < -0.3 is 9.84 Å². The Labute approximate surface area is 197 Å². The summed E-state index contributed by atoms with van der Waals surface area (Å²) >= 11 is 0. The summed E-state index contributed by atoms with van der Waals surface area (Å²) in [6, 6.07) is 21.9. The van der Waals surface area contributed by atoms with Gasteiger partial charge in [0, 0.05) is 6.54 Å². The summed E-state index contributed by atoms with van der Waals surface area (Å²) in [5, 5.41) is 14.7. The van der Waals surface area contributed by atoms with Gasteiger partial charge in [-0.1, -0.05) is 54.6 Å². The van der Waals surface area contributed by atoms with Crippen LogP contribution < -0.4 is 9.46 Å². The Balaban J connectivity index is 1.79. The second-order valence-electron chi connectivity index (χ2n) is 7.56. The Hall–Kier alpha value is -3.69. The number of anilines is 1. The number of aliphatic hydroxyl groups excluding tert-OH is 1. The lowest BCUT2D eigenvalue weighted by atomic mass is 10.0. The van der Waals surface area contributed by atoms with Gasteiger partial charge in [0.05, 0.1) is 29.9 Å². The van der Waals surface area contributed by atoms with Gasteiger partial charge >= 0.3 is 0 Å². The van der Waals surface area contributed by atoms with Crippen molar-refractivity contribution >= 4 is 15.8 Å². The zero-order valence-electron chi connectivity index (χ0n) is 18.5. The molecule has 0 amide bonds. The number of benzene rings is 3. The van der Waals surface area contributed by atoms with Crippen LogP contribution in [0.2, 0.25) is 0 Å². The molecule has 3 aromatic carbocycles. The number of aromatic nitrogens is 2. The van der Waals surface area contributed by atoms with Gasteiger partial charge in [0.1, 0.15) is 0 Å². The van der Waals surface area contributed by atoms with Crippen molar-refractivity contribution < 1.29 is 22.7 Å². The van der Waals surface area contributed by atoms with E-state index in [2.05, 4.69) is 9.82 Å². The number of aliphatic hydroxyl groups is 1. The van der Waals surface area contributed by atoms with Gasteiger partial charge in [-0.25, -0.2) is 12.8 Å². The molecule has 0 aliphatic rings. The summed E-state index contributed by atoms with van der Waals surface area (Å²) in [4.78, 5) is 0.0613. The van der Waals surface area contributed by atoms with E-state index in [1.54, 1.807) is 28.9 Å². The first kappa shape index (κ1) is 23.5. The molecule has 4 rings (SSSR count). The molecular formula is C25H24FN3O4S. The Morgan fingerprint density at radius 3 is 2.32 bits per heavy atom. The number of methoxy groups -OCH3 is 1. The van der Waals surface area contributed by atoms with Crippen LogP contribution in [0.15, 0.2) is 83.8 Å². The molecule has 0 spiro atoms. The monoisotopic (exact) mass is 481 g/mol. The number of halogens is 1. The van der Waals surface area contributed by atoms with Gasteiger partial charge in [0.25, 0.3) is 10.0 Å². The van der Waals surface area contributed by atoms with Crippen molar-refractivity contribution in [3.05, 3.63) is 95.9 Å². The maximum Gasteiger partial charge on any atom is 0.263 e. The molecule has 0 atom stereocenters. The van der Waals surface area contributed by atoms with Crippen molar-refractivity contribution in [1.82, 2.24) is 9.78 Å². The van der Waals surface area contributed by atoms with Crippen LogP contribution in [0.3, 0.4) is 0 Å². The molecule has 176 valence electrons. The van der Waals surface area contributed by atoms with Crippen molar-refractivity contribution in [3.8, 4) is 16.9 Å². The molecule has 0 unspecified atom stereocenters. The number of ether oxygens (including phenoxy) is 1. The number of sulfonamides is 1. The number of rotatable bonds is 9. The second kappa shape index (κ2) is 10.1. The molecule has 2 N–H and O–H groups in total. The molecular weight excluding hydrogens is 457 g/mol. The van der Waals surface area contributed by atoms with Crippen LogP contribution in [0.1, 0.15) is 11.3 Å². The van der Waals surface area contributed by atoms with E-state index in [1.165, 1.54) is 31.4 Å². The summed E-state index contributed by atoms with van der Waals surface area (Å²) in [6.07, 6.45) is 0.608. The first-order chi connectivity index (χ1) is 16.4. The van der Waals surface area contributed by atoms with Crippen molar-refractivity contribution in [2.45, 2.75) is 24.5 Å². The normalized spacial score (nSPS) is 11.4. The van der Waals surface area contributed by atoms with Crippen LogP contribution in [0.25, 0.3) is 11.1 Å². The van der Waals surface area contributed by atoms with Gasteiger partial charge in [-0.2, -0.15) is 5.10 Å². The number of nitrogens with one attached hydrogen (secondary N) is 1. The van der Waals surface area contributed by atoms with Crippen LogP contribution in [0.5, 0.6) is 5.75 Å². The third kappa shape index (κ3) is 4.95. The van der Waals surface area contributed by atoms with Gasteiger partial charge in [-0.3, -0.25) is 9.40 Å². The zero-order chi connectivity index (χ0) is 24.1. The maximum absolute atomic E-state index is 14.5. The maximum atomic E-state index is 14.5. The minimum Gasteiger partial charge on any atom is -0.494 e. The third-order valence-electron chi connectivity index (χ3n) is 5.39. The zero-order valence-corrected chi connectivity index (χ0v) is 19.3. The lowest BCUT2D eigenvalue weighted by molar-refractivity contribution is 0.268. The largest absolute Gasteiger partial charge is 0.494 e. The Morgan fingerprint density at radius 2 is 1.71 bits per heavy atom. The van der Waals surface area contributed by atoms with E-state index in [9.17, 15) is 17.9 Å². The summed E-state index contributed by atoms with van der Waals surface area (Å²) in [5.74, 6) is -0.555. The number of aryl methyl sites for hydroxylation is 2. The lowest BCUT2D eigenvalue weighted by Crippen LogP contribution is -2.14. The van der Waals surface area contributed by atoms with E-state index >= 15 is 0 Å². The van der Waals surface area contributed by atoms with E-state index in [4.69, 9.17) is 4.74 Å². The molecule has 4 aromatic rings. The molecule has 0 radical (unpaired) electrons. The predicted octanol–water partition coefficient (Wildman–Crippen LogP) is 4.23. The minimum atomic E-state index is -3.97. The number of nitrogens with zero attached hydrogens (tertiary/aromatic N) is 2. The van der Waals surface area contributed by atoms with Crippen LogP contribution in [-0.4, -0.2) is 30.4 Å². The van der Waals surface area contributed by atoms with Crippen molar-refractivity contribution in [2.24, 2.45) is 0 Å². The average Bonchev–Trinajstić information content (AvgIpc) is 3.20. The number of hydrogen-bond acceptors (Lipinski definition) is 5. The SMILES string of the molecule is COc1ccc(-c2c(NS(=O)(=O)c3ccccc3)nn(CCc3ccccc3)c2CO)cc1F. The molecule has 0 bridgehead atoms. The fourth-order valence-corrected chi connectivity index (χ4v) is 4.74. The first-order valence-corrected chi connectivity index (χ1v) is 12.1.